The summed E-state index contributed by atoms with van der Waals surface area (Å²) in [6, 6.07) is 18.9. The highest BCUT2D eigenvalue weighted by atomic mass is 35.5. The van der Waals surface area contributed by atoms with Crippen molar-refractivity contribution < 1.29 is 9.53 Å². The highest BCUT2D eigenvalue weighted by Crippen LogP contribution is 2.18. The van der Waals surface area contributed by atoms with Crippen molar-refractivity contribution in [2.75, 3.05) is 19.0 Å². The number of hydrogen-bond acceptors (Lipinski definition) is 4. The number of para-hydroxylation sites is 1. The maximum Gasteiger partial charge on any atom is 0.270 e. The second-order valence-electron chi connectivity index (χ2n) is 6.23. The molecular formula is C22H22ClN3O2. The van der Waals surface area contributed by atoms with Crippen LogP contribution in [0, 0.1) is 0 Å². The maximum absolute atomic E-state index is 12.4. The van der Waals surface area contributed by atoms with Gasteiger partial charge in [-0.2, -0.15) is 0 Å². The normalized spacial score (nSPS) is 10.4. The molecule has 28 heavy (non-hydrogen) atoms. The first kappa shape index (κ1) is 19.7. The SMILES string of the molecule is COc1ccccc1CCNc1ccnc(C(=O)NCc2ccc(Cl)cc2)c1. The molecule has 0 saturated heterocycles. The number of hydrogen-bond donors (Lipinski definition) is 2. The van der Waals surface area contributed by atoms with Gasteiger partial charge in [0.1, 0.15) is 11.4 Å². The van der Waals surface area contributed by atoms with Gasteiger partial charge in [-0.3, -0.25) is 9.78 Å². The first-order valence-electron chi connectivity index (χ1n) is 9.00. The molecule has 0 radical (unpaired) electrons. The molecule has 0 aliphatic heterocycles. The number of rotatable bonds is 8. The van der Waals surface area contributed by atoms with E-state index >= 15 is 0 Å². The van der Waals surface area contributed by atoms with Gasteiger partial charge in [0.25, 0.3) is 5.91 Å². The van der Waals surface area contributed by atoms with Crippen LogP contribution in [0.15, 0.2) is 66.9 Å². The summed E-state index contributed by atoms with van der Waals surface area (Å²) in [4.78, 5) is 16.5. The van der Waals surface area contributed by atoms with E-state index in [0.717, 1.165) is 35.5 Å². The Morgan fingerprint density at radius 3 is 2.68 bits per heavy atom. The van der Waals surface area contributed by atoms with Crippen molar-refractivity contribution in [3.05, 3.63) is 88.7 Å². The summed E-state index contributed by atoms with van der Waals surface area (Å²) in [6.45, 7) is 1.14. The van der Waals surface area contributed by atoms with Gasteiger partial charge in [-0.1, -0.05) is 41.9 Å². The van der Waals surface area contributed by atoms with Gasteiger partial charge >= 0.3 is 0 Å². The Bertz CT molecular complexity index is 929. The van der Waals surface area contributed by atoms with E-state index in [0.29, 0.717) is 17.3 Å². The predicted molar refractivity (Wildman–Crippen MR) is 112 cm³/mol. The van der Waals surface area contributed by atoms with Crippen LogP contribution >= 0.6 is 11.6 Å². The summed E-state index contributed by atoms with van der Waals surface area (Å²) in [5.74, 6) is 0.657. The largest absolute Gasteiger partial charge is 0.496 e. The summed E-state index contributed by atoms with van der Waals surface area (Å²) in [5, 5.41) is 6.87. The third kappa shape index (κ3) is 5.47. The number of ether oxygens (including phenoxy) is 1. The van der Waals surface area contributed by atoms with E-state index in [-0.39, 0.29) is 5.91 Å². The van der Waals surface area contributed by atoms with E-state index in [2.05, 4.69) is 15.6 Å². The first-order valence-corrected chi connectivity index (χ1v) is 9.38. The molecule has 144 valence electrons. The molecule has 0 spiro atoms. The Balaban J connectivity index is 1.54. The van der Waals surface area contributed by atoms with Crippen molar-refractivity contribution in [2.45, 2.75) is 13.0 Å². The highest BCUT2D eigenvalue weighted by Gasteiger charge is 2.08. The minimum atomic E-state index is -0.219. The number of methoxy groups -OCH3 is 1. The molecule has 5 nitrogen and oxygen atoms in total. The third-order valence-electron chi connectivity index (χ3n) is 4.27. The molecule has 2 N–H and O–H groups in total. The molecule has 0 bridgehead atoms. The van der Waals surface area contributed by atoms with Crippen molar-refractivity contribution in [2.24, 2.45) is 0 Å². The lowest BCUT2D eigenvalue weighted by Gasteiger charge is -2.11. The van der Waals surface area contributed by atoms with Gasteiger partial charge in [-0.15, -0.1) is 0 Å². The molecule has 1 aromatic heterocycles. The van der Waals surface area contributed by atoms with Crippen molar-refractivity contribution in [1.29, 1.82) is 0 Å². The van der Waals surface area contributed by atoms with Crippen LogP contribution in [0.5, 0.6) is 5.75 Å². The second kappa shape index (κ2) is 9.76. The fourth-order valence-electron chi connectivity index (χ4n) is 2.79. The average molecular weight is 396 g/mol. The number of anilines is 1. The van der Waals surface area contributed by atoms with Crippen molar-refractivity contribution in [1.82, 2.24) is 10.3 Å². The van der Waals surface area contributed by atoms with Gasteiger partial charge in [-0.25, -0.2) is 0 Å². The number of benzene rings is 2. The topological polar surface area (TPSA) is 63.2 Å². The Hall–Kier alpha value is -3.05. The third-order valence-corrected chi connectivity index (χ3v) is 4.53. The molecule has 6 heteroatoms. The second-order valence-corrected chi connectivity index (χ2v) is 6.66. The molecule has 0 saturated carbocycles. The van der Waals surface area contributed by atoms with Gasteiger partial charge in [0.15, 0.2) is 0 Å². The summed E-state index contributed by atoms with van der Waals surface area (Å²) in [5.41, 5.74) is 3.33. The van der Waals surface area contributed by atoms with Crippen LogP contribution in [0.3, 0.4) is 0 Å². The van der Waals surface area contributed by atoms with E-state index < -0.39 is 0 Å². The van der Waals surface area contributed by atoms with Crippen LogP contribution in [0.1, 0.15) is 21.6 Å². The van der Waals surface area contributed by atoms with Gasteiger partial charge in [0.05, 0.1) is 7.11 Å². The molecule has 0 aliphatic rings. The zero-order chi connectivity index (χ0) is 19.8. The van der Waals surface area contributed by atoms with Crippen molar-refractivity contribution in [3.8, 4) is 5.75 Å². The smallest absolute Gasteiger partial charge is 0.270 e. The molecule has 3 rings (SSSR count). The molecule has 1 amide bonds. The Morgan fingerprint density at radius 1 is 1.11 bits per heavy atom. The lowest BCUT2D eigenvalue weighted by atomic mass is 10.1. The summed E-state index contributed by atoms with van der Waals surface area (Å²) in [7, 11) is 1.67. The fraction of sp³-hybridized carbons (Fsp3) is 0.182. The van der Waals surface area contributed by atoms with Crippen LogP contribution in [0.25, 0.3) is 0 Å². The summed E-state index contributed by atoms with van der Waals surface area (Å²) in [6.07, 6.45) is 2.44. The number of amides is 1. The number of carbonyl (C=O) groups excluding carboxylic acids is 1. The van der Waals surface area contributed by atoms with Crippen LogP contribution in [-0.2, 0) is 13.0 Å². The van der Waals surface area contributed by atoms with E-state index in [4.69, 9.17) is 16.3 Å². The summed E-state index contributed by atoms with van der Waals surface area (Å²) >= 11 is 5.87. The monoisotopic (exact) mass is 395 g/mol. The minimum Gasteiger partial charge on any atom is -0.496 e. The van der Waals surface area contributed by atoms with E-state index in [9.17, 15) is 4.79 Å². The zero-order valence-electron chi connectivity index (χ0n) is 15.6. The number of nitrogens with one attached hydrogen (secondary N) is 2. The summed E-state index contributed by atoms with van der Waals surface area (Å²) < 4.78 is 5.37. The van der Waals surface area contributed by atoms with Crippen LogP contribution < -0.4 is 15.4 Å². The van der Waals surface area contributed by atoms with Gasteiger partial charge in [0, 0.05) is 30.0 Å². The van der Waals surface area contributed by atoms with E-state index in [1.165, 1.54) is 0 Å². The van der Waals surface area contributed by atoms with Crippen LogP contribution in [0.2, 0.25) is 5.02 Å². The maximum atomic E-state index is 12.4. The molecule has 3 aromatic rings. The number of aromatic nitrogens is 1. The number of halogens is 1. The number of pyridine rings is 1. The molecule has 2 aromatic carbocycles. The minimum absolute atomic E-state index is 0.219. The standard InChI is InChI=1S/C22H22ClN3O2/c1-28-21-5-3-2-4-17(21)10-12-24-19-11-13-25-20(14-19)22(27)26-15-16-6-8-18(23)9-7-16/h2-9,11,13-14H,10,12,15H2,1H3,(H,24,25)(H,26,27). The predicted octanol–water partition coefficient (Wildman–Crippen LogP) is 4.33. The lowest BCUT2D eigenvalue weighted by molar-refractivity contribution is 0.0946. The number of nitrogens with zero attached hydrogens (tertiary/aromatic N) is 1. The molecular weight excluding hydrogens is 374 g/mol. The van der Waals surface area contributed by atoms with Crippen LogP contribution in [-0.4, -0.2) is 24.5 Å². The highest BCUT2D eigenvalue weighted by molar-refractivity contribution is 6.30. The average Bonchev–Trinajstić information content (AvgIpc) is 2.73. The Kier molecular flexibility index (Phi) is 6.87. The van der Waals surface area contributed by atoms with Gasteiger partial charge in [0.2, 0.25) is 0 Å². The quantitative estimate of drug-likeness (QED) is 0.596. The molecule has 0 aliphatic carbocycles. The van der Waals surface area contributed by atoms with Crippen LogP contribution in [0.4, 0.5) is 5.69 Å². The molecule has 0 unspecified atom stereocenters. The van der Waals surface area contributed by atoms with E-state index in [1.54, 1.807) is 31.5 Å². The lowest BCUT2D eigenvalue weighted by Crippen LogP contribution is -2.23. The fourth-order valence-corrected chi connectivity index (χ4v) is 2.92. The molecule has 0 fully saturated rings. The Morgan fingerprint density at radius 2 is 1.89 bits per heavy atom. The first-order chi connectivity index (χ1) is 13.7. The van der Waals surface area contributed by atoms with Gasteiger partial charge < -0.3 is 15.4 Å². The zero-order valence-corrected chi connectivity index (χ0v) is 16.4. The molecule has 0 atom stereocenters. The number of carbonyl (C=O) groups is 1. The van der Waals surface area contributed by atoms with Crippen molar-refractivity contribution >= 4 is 23.2 Å². The van der Waals surface area contributed by atoms with Gasteiger partial charge in [-0.05, 0) is 47.9 Å². The van der Waals surface area contributed by atoms with Crippen molar-refractivity contribution in [3.63, 3.8) is 0 Å². The Labute approximate surface area is 169 Å². The molecule has 1 heterocycles. The van der Waals surface area contributed by atoms with E-state index in [1.807, 2.05) is 42.5 Å².